The van der Waals surface area contributed by atoms with E-state index in [1.807, 2.05) is 0 Å². The highest BCUT2D eigenvalue weighted by molar-refractivity contribution is 7.18. The fraction of sp³-hybridized carbons (Fsp3) is 1.00. The van der Waals surface area contributed by atoms with Crippen molar-refractivity contribution in [3.8, 4) is 0 Å². The van der Waals surface area contributed by atoms with E-state index in [4.69, 9.17) is 11.1 Å². The van der Waals surface area contributed by atoms with Crippen LogP contribution in [0.15, 0.2) is 0 Å². The quantitative estimate of drug-likeness (QED) is 0.535. The third-order valence-corrected chi connectivity index (χ3v) is 16.0. The molecule has 0 radical (unpaired) electrons. The van der Waals surface area contributed by atoms with Gasteiger partial charge < -0.3 is 8.46 Å². The highest BCUT2D eigenvalue weighted by Crippen LogP contribution is 2.35. The number of nitrogens with zero attached hydrogens (tertiary/aromatic N) is 2. The first-order valence-corrected chi connectivity index (χ1v) is 10.7. The summed E-state index contributed by atoms with van der Waals surface area (Å²) in [6, 6.07) is 1.26. The molecule has 0 bridgehead atoms. The van der Waals surface area contributed by atoms with Crippen molar-refractivity contribution in [1.29, 1.82) is 0 Å². The molecule has 1 aliphatic heterocycles. The Balaban J connectivity index is 2.76. The molecule has 0 saturated carbocycles. The molecule has 1 rings (SSSR count). The zero-order valence-corrected chi connectivity index (χ0v) is 12.4. The summed E-state index contributed by atoms with van der Waals surface area (Å²) in [7, 11) is -2.54. The van der Waals surface area contributed by atoms with Crippen LogP contribution in [0.25, 0.3) is 0 Å². The van der Waals surface area contributed by atoms with Crippen LogP contribution >= 0.6 is 11.1 Å². The van der Waals surface area contributed by atoms with Gasteiger partial charge in [0.25, 0.3) is 8.43 Å². The largest absolute Gasteiger partial charge is 0.310 e. The van der Waals surface area contributed by atoms with Crippen molar-refractivity contribution in [2.75, 3.05) is 0 Å². The fourth-order valence-electron chi connectivity index (χ4n) is 2.49. The Morgan fingerprint density at radius 2 is 1.31 bits per heavy atom. The van der Waals surface area contributed by atoms with Crippen LogP contribution in [0.4, 0.5) is 0 Å². The summed E-state index contributed by atoms with van der Waals surface area (Å²) in [6.07, 6.45) is 0. The predicted octanol–water partition coefficient (Wildman–Crippen LogP) is 2.08. The summed E-state index contributed by atoms with van der Waals surface area (Å²) in [5.74, 6) is 0. The van der Waals surface area contributed by atoms with Crippen molar-refractivity contribution in [2.24, 2.45) is 0 Å². The number of hydrogen-bond acceptors (Lipinski definition) is 2. The van der Waals surface area contributed by atoms with Crippen molar-refractivity contribution >= 4 is 27.9 Å². The molecule has 0 aliphatic carbocycles. The standard InChI is InChI=1S/C8H21ClN2Si2/c1-7(2)10-12(9)11(8(3)4)13(10,5)6/h7-8,12H,1-6H3. The third kappa shape index (κ3) is 1.75. The third-order valence-electron chi connectivity index (χ3n) is 2.84. The first kappa shape index (κ1) is 11.7. The smallest absolute Gasteiger partial charge is 0.280 e. The molecular weight excluding hydrogens is 216 g/mol. The van der Waals surface area contributed by atoms with Crippen LogP contribution < -0.4 is 0 Å². The first-order valence-electron chi connectivity index (χ1n) is 5.01. The van der Waals surface area contributed by atoms with Crippen LogP contribution in [0.1, 0.15) is 27.7 Å². The Morgan fingerprint density at radius 3 is 1.46 bits per heavy atom. The van der Waals surface area contributed by atoms with Crippen LogP contribution in [0.3, 0.4) is 0 Å². The van der Waals surface area contributed by atoms with Gasteiger partial charge in [0.2, 0.25) is 0 Å². The van der Waals surface area contributed by atoms with E-state index in [0.29, 0.717) is 12.1 Å². The zero-order valence-electron chi connectivity index (χ0n) is 9.50. The second-order valence-corrected chi connectivity index (χ2v) is 12.8. The zero-order chi connectivity index (χ0) is 10.4. The predicted molar refractivity (Wildman–Crippen MR) is 64.4 cm³/mol. The van der Waals surface area contributed by atoms with Gasteiger partial charge >= 0.3 is 0 Å². The number of hydrogen-bond donors (Lipinski definition) is 0. The van der Waals surface area contributed by atoms with Crippen LogP contribution in [0.5, 0.6) is 0 Å². The Bertz CT molecular complexity index is 179. The molecule has 13 heavy (non-hydrogen) atoms. The molecule has 0 atom stereocenters. The molecule has 0 aromatic heterocycles. The second-order valence-electron chi connectivity index (χ2n) is 4.81. The van der Waals surface area contributed by atoms with Gasteiger partial charge in [-0.05, 0) is 25.2 Å². The fourth-order valence-corrected chi connectivity index (χ4v) is 17.1. The maximum absolute atomic E-state index is 6.48. The summed E-state index contributed by atoms with van der Waals surface area (Å²) in [5, 5.41) is 0. The Hall–Kier alpha value is 0.644. The van der Waals surface area contributed by atoms with Crippen molar-refractivity contribution in [3.63, 3.8) is 0 Å². The molecule has 0 unspecified atom stereocenters. The highest BCUT2D eigenvalue weighted by Gasteiger charge is 2.56. The van der Waals surface area contributed by atoms with Gasteiger partial charge in [0.05, 0.1) is 0 Å². The number of halogens is 1. The van der Waals surface area contributed by atoms with Gasteiger partial charge in [-0.3, -0.25) is 0 Å². The van der Waals surface area contributed by atoms with E-state index in [0.717, 1.165) is 0 Å². The lowest BCUT2D eigenvalue weighted by Gasteiger charge is -2.63. The second kappa shape index (κ2) is 3.66. The van der Waals surface area contributed by atoms with Gasteiger partial charge in [-0.1, -0.05) is 27.7 Å². The summed E-state index contributed by atoms with van der Waals surface area (Å²) in [4.78, 5) is 0. The van der Waals surface area contributed by atoms with Crippen LogP contribution in [0, 0.1) is 0 Å². The molecule has 1 heterocycles. The molecule has 0 aromatic rings. The minimum atomic E-state index is -1.30. The molecule has 0 amide bonds. The lowest BCUT2D eigenvalue weighted by Crippen LogP contribution is -2.84. The molecule has 1 saturated heterocycles. The van der Waals surface area contributed by atoms with Gasteiger partial charge in [-0.15, -0.1) is 11.1 Å². The van der Waals surface area contributed by atoms with Crippen molar-refractivity contribution < 1.29 is 0 Å². The molecular formula is C8H21ClN2Si2. The minimum Gasteiger partial charge on any atom is -0.310 e. The molecule has 1 aliphatic rings. The summed E-state index contributed by atoms with van der Waals surface area (Å²) in [6.45, 7) is 13.8. The maximum atomic E-state index is 6.48. The van der Waals surface area contributed by atoms with Crippen molar-refractivity contribution in [2.45, 2.75) is 52.9 Å². The summed E-state index contributed by atoms with van der Waals surface area (Å²) < 4.78 is 5.21. The van der Waals surface area contributed by atoms with E-state index < -0.39 is 16.8 Å². The topological polar surface area (TPSA) is 6.48 Å². The van der Waals surface area contributed by atoms with Crippen LogP contribution in [0.2, 0.25) is 13.1 Å². The molecule has 1 fully saturated rings. The lowest BCUT2D eigenvalue weighted by molar-refractivity contribution is 0.340. The van der Waals surface area contributed by atoms with Gasteiger partial charge in [-0.25, -0.2) is 0 Å². The van der Waals surface area contributed by atoms with E-state index in [9.17, 15) is 0 Å². The molecule has 0 N–H and O–H groups in total. The van der Waals surface area contributed by atoms with E-state index in [1.165, 1.54) is 0 Å². The normalized spacial score (nSPS) is 25.6. The molecule has 2 nitrogen and oxygen atoms in total. The molecule has 5 heteroatoms. The summed E-state index contributed by atoms with van der Waals surface area (Å²) >= 11 is 6.48. The number of rotatable bonds is 2. The molecule has 0 aromatic carbocycles. The maximum Gasteiger partial charge on any atom is 0.280 e. The van der Waals surface area contributed by atoms with E-state index in [-0.39, 0.29) is 0 Å². The Morgan fingerprint density at radius 1 is 1.00 bits per heavy atom. The van der Waals surface area contributed by atoms with Gasteiger partial charge in [0.1, 0.15) is 0 Å². The van der Waals surface area contributed by atoms with Crippen molar-refractivity contribution in [3.05, 3.63) is 0 Å². The van der Waals surface area contributed by atoms with Gasteiger partial charge in [0, 0.05) is 0 Å². The Labute approximate surface area is 89.5 Å². The Kier molecular flexibility index (Phi) is 3.30. The first-order chi connectivity index (χ1) is 5.80. The summed E-state index contributed by atoms with van der Waals surface area (Å²) in [5.41, 5.74) is 0. The van der Waals surface area contributed by atoms with E-state index in [1.54, 1.807) is 0 Å². The van der Waals surface area contributed by atoms with Crippen LogP contribution in [-0.4, -0.2) is 37.4 Å². The van der Waals surface area contributed by atoms with Gasteiger partial charge in [0.15, 0.2) is 8.40 Å². The minimum absolute atomic E-state index is 0.630. The average Bonchev–Trinajstić information content (AvgIpc) is 1.81. The SMILES string of the molecule is CC(C)N1[SiH](Cl)N(C(C)C)[Si]1(C)C. The highest BCUT2D eigenvalue weighted by atomic mass is 35.6. The lowest BCUT2D eigenvalue weighted by atomic mass is 10.4. The van der Waals surface area contributed by atoms with Crippen LogP contribution in [-0.2, 0) is 0 Å². The van der Waals surface area contributed by atoms with Gasteiger partial charge in [-0.2, -0.15) is 0 Å². The monoisotopic (exact) mass is 236 g/mol. The van der Waals surface area contributed by atoms with E-state index in [2.05, 4.69) is 49.3 Å². The van der Waals surface area contributed by atoms with Crippen molar-refractivity contribution in [1.82, 2.24) is 8.46 Å². The average molecular weight is 237 g/mol. The van der Waals surface area contributed by atoms with E-state index >= 15 is 0 Å². The molecule has 0 spiro atoms. The molecule has 78 valence electrons.